The Morgan fingerprint density at radius 3 is 2.32 bits per heavy atom. The molecule has 2 aromatic carbocycles. The van der Waals surface area contributed by atoms with Gasteiger partial charge < -0.3 is 20.3 Å². The van der Waals surface area contributed by atoms with Crippen molar-refractivity contribution in [1.82, 2.24) is 24.6 Å². The second-order valence-corrected chi connectivity index (χ2v) is 9.22. The largest absolute Gasteiger partial charge is 0.388 e. The Morgan fingerprint density at radius 1 is 1.00 bits per heavy atom. The van der Waals surface area contributed by atoms with Crippen molar-refractivity contribution in [3.05, 3.63) is 66.2 Å². The van der Waals surface area contributed by atoms with Gasteiger partial charge in [-0.15, -0.1) is 0 Å². The van der Waals surface area contributed by atoms with Crippen LogP contribution in [0.25, 0.3) is 22.3 Å². The van der Waals surface area contributed by atoms with E-state index in [9.17, 15) is 14.6 Å². The van der Waals surface area contributed by atoms with Crippen LogP contribution in [0.5, 0.6) is 0 Å². The molecule has 0 radical (unpaired) electrons. The van der Waals surface area contributed by atoms with Gasteiger partial charge in [0.15, 0.2) is 11.9 Å². The molecule has 0 saturated carbocycles. The van der Waals surface area contributed by atoms with Gasteiger partial charge in [-0.1, -0.05) is 38.1 Å². The molecule has 4 aromatic rings. The molecule has 194 valence electrons. The summed E-state index contributed by atoms with van der Waals surface area (Å²) in [6.07, 6.45) is -2.32. The topological polar surface area (TPSA) is 109 Å². The Morgan fingerprint density at radius 2 is 1.70 bits per heavy atom. The molecule has 0 spiro atoms. The quantitative estimate of drug-likeness (QED) is 0.331. The average molecular weight is 507 g/mol. The van der Waals surface area contributed by atoms with Crippen molar-refractivity contribution in [1.29, 1.82) is 0 Å². The van der Waals surface area contributed by atoms with Crippen LogP contribution in [0.4, 0.5) is 15.9 Å². The molecule has 0 amide bonds. The smallest absolute Gasteiger partial charge is 0.181 e. The van der Waals surface area contributed by atoms with Crippen LogP contribution in [0.3, 0.4) is 0 Å². The molecule has 1 fully saturated rings. The van der Waals surface area contributed by atoms with Crippen molar-refractivity contribution in [2.45, 2.75) is 51.9 Å². The third-order valence-electron chi connectivity index (χ3n) is 6.84. The van der Waals surface area contributed by atoms with Gasteiger partial charge in [0, 0.05) is 17.8 Å². The minimum absolute atomic E-state index is 0.336. The number of ether oxygens (including phenoxy) is 1. The Balaban J connectivity index is 1.61. The maximum atomic E-state index is 13.5. The van der Waals surface area contributed by atoms with Crippen LogP contribution in [0.15, 0.2) is 54.9 Å². The Kier molecular flexibility index (Phi) is 7.16. The van der Waals surface area contributed by atoms with Gasteiger partial charge in [0.25, 0.3) is 0 Å². The van der Waals surface area contributed by atoms with E-state index in [-0.39, 0.29) is 5.82 Å². The molecule has 1 aliphatic rings. The molecule has 5 rings (SSSR count). The van der Waals surface area contributed by atoms with Gasteiger partial charge >= 0.3 is 0 Å². The minimum Gasteiger partial charge on any atom is -0.388 e. The summed E-state index contributed by atoms with van der Waals surface area (Å²) in [6, 6.07) is 14.1. The number of nitrogens with one attached hydrogen (secondary N) is 1. The molecular formula is C27H31FN6O3. The van der Waals surface area contributed by atoms with Gasteiger partial charge in [-0.3, -0.25) is 4.90 Å². The molecule has 37 heavy (non-hydrogen) atoms. The summed E-state index contributed by atoms with van der Waals surface area (Å²) < 4.78 is 20.8. The molecule has 0 bridgehead atoms. The van der Waals surface area contributed by atoms with Crippen molar-refractivity contribution in [2.24, 2.45) is 0 Å². The number of nitrogens with zero attached hydrogens (tertiary/aromatic N) is 5. The highest BCUT2D eigenvalue weighted by atomic mass is 19.1. The number of fused-ring (bicyclic) bond motifs is 1. The molecule has 2 aromatic heterocycles. The highest BCUT2D eigenvalue weighted by molar-refractivity contribution is 6.00. The van der Waals surface area contributed by atoms with E-state index in [0.717, 1.165) is 25.2 Å². The molecular weight excluding hydrogens is 475 g/mol. The predicted octanol–water partition coefficient (Wildman–Crippen LogP) is 3.86. The maximum Gasteiger partial charge on any atom is 0.181 e. The fourth-order valence-electron chi connectivity index (χ4n) is 4.62. The van der Waals surface area contributed by atoms with E-state index in [0.29, 0.717) is 28.2 Å². The highest BCUT2D eigenvalue weighted by Crippen LogP contribution is 2.37. The molecule has 3 N–H and O–H groups in total. The van der Waals surface area contributed by atoms with Gasteiger partial charge in [0.1, 0.15) is 35.9 Å². The van der Waals surface area contributed by atoms with Crippen LogP contribution in [0, 0.1) is 5.82 Å². The summed E-state index contributed by atoms with van der Waals surface area (Å²) in [5, 5.41) is 29.7. The number of hydrogen-bond donors (Lipinski definition) is 3. The lowest BCUT2D eigenvalue weighted by Gasteiger charge is -2.18. The lowest BCUT2D eigenvalue weighted by atomic mass is 10.1. The summed E-state index contributed by atoms with van der Waals surface area (Å²) >= 11 is 0. The van der Waals surface area contributed by atoms with Gasteiger partial charge in [-0.25, -0.2) is 19.0 Å². The summed E-state index contributed by atoms with van der Waals surface area (Å²) in [7, 11) is 0. The number of halogens is 1. The number of hydrogen-bond acceptors (Lipinski definition) is 8. The number of rotatable bonds is 8. The zero-order valence-electron chi connectivity index (χ0n) is 21.0. The summed E-state index contributed by atoms with van der Waals surface area (Å²) in [5.74, 6) is 0.142. The van der Waals surface area contributed by atoms with E-state index in [1.165, 1.54) is 28.7 Å². The van der Waals surface area contributed by atoms with Crippen molar-refractivity contribution >= 4 is 22.5 Å². The van der Waals surface area contributed by atoms with E-state index in [1.54, 1.807) is 19.1 Å². The second-order valence-electron chi connectivity index (χ2n) is 9.22. The van der Waals surface area contributed by atoms with Crippen molar-refractivity contribution in [2.75, 3.05) is 18.4 Å². The van der Waals surface area contributed by atoms with E-state index < -0.39 is 24.5 Å². The molecule has 0 aliphatic carbocycles. The minimum atomic E-state index is -1.18. The number of anilines is 2. The zero-order valence-corrected chi connectivity index (χ0v) is 21.0. The molecule has 9 nitrogen and oxygen atoms in total. The normalized spacial score (nSPS) is 21.7. The van der Waals surface area contributed by atoms with Crippen LogP contribution in [-0.2, 0) is 11.3 Å². The summed E-state index contributed by atoms with van der Waals surface area (Å²) in [5.41, 5.74) is 3.70. The predicted molar refractivity (Wildman–Crippen MR) is 139 cm³/mol. The molecule has 0 unspecified atom stereocenters. The number of aromatic nitrogens is 4. The monoisotopic (exact) mass is 506 g/mol. The van der Waals surface area contributed by atoms with E-state index in [1.807, 2.05) is 12.1 Å². The molecule has 10 heteroatoms. The summed E-state index contributed by atoms with van der Waals surface area (Å²) in [6.45, 7) is 8.77. The van der Waals surface area contributed by atoms with E-state index in [4.69, 9.17) is 9.84 Å². The maximum absolute atomic E-state index is 13.5. The lowest BCUT2D eigenvalue weighted by Crippen LogP contribution is -2.30. The first-order valence-electron chi connectivity index (χ1n) is 12.5. The Hall–Kier alpha value is -3.44. The first kappa shape index (κ1) is 25.2. The zero-order chi connectivity index (χ0) is 26.1. The van der Waals surface area contributed by atoms with Crippen LogP contribution < -0.4 is 5.32 Å². The Labute approximate surface area is 214 Å². The fraction of sp³-hybridized carbons (Fsp3) is 0.370. The van der Waals surface area contributed by atoms with Crippen molar-refractivity contribution in [3.63, 3.8) is 0 Å². The first-order valence-corrected chi connectivity index (χ1v) is 12.5. The van der Waals surface area contributed by atoms with Gasteiger partial charge in [-0.05, 0) is 49.8 Å². The lowest BCUT2D eigenvalue weighted by molar-refractivity contribution is -0.0370. The third kappa shape index (κ3) is 4.93. The molecule has 3 heterocycles. The summed E-state index contributed by atoms with van der Waals surface area (Å²) in [4.78, 5) is 11.2. The van der Waals surface area contributed by atoms with Gasteiger partial charge in [0.2, 0.25) is 0 Å². The van der Waals surface area contributed by atoms with Crippen LogP contribution in [0.2, 0.25) is 0 Å². The van der Waals surface area contributed by atoms with E-state index >= 15 is 0 Å². The average Bonchev–Trinajstić information content (AvgIpc) is 3.42. The van der Waals surface area contributed by atoms with Crippen LogP contribution in [-0.4, -0.2) is 66.3 Å². The van der Waals surface area contributed by atoms with Gasteiger partial charge in [0.05, 0.1) is 11.5 Å². The van der Waals surface area contributed by atoms with E-state index in [2.05, 4.69) is 46.2 Å². The highest BCUT2D eigenvalue weighted by Gasteiger charge is 2.43. The second kappa shape index (κ2) is 10.5. The number of benzene rings is 2. The SMILES string of the molecule is CCN(CC)Cc1ccc(-c2nn([C@@H]3O[C@H](C)[C@@H](O)[C@H]3O)c3ncnc(Nc4ccc(F)cc4)c23)cc1. The molecule has 1 saturated heterocycles. The van der Waals surface area contributed by atoms with Crippen molar-refractivity contribution in [3.8, 4) is 11.3 Å². The first-order chi connectivity index (χ1) is 17.9. The molecule has 4 atom stereocenters. The van der Waals surface area contributed by atoms with Crippen LogP contribution >= 0.6 is 0 Å². The number of aliphatic hydroxyl groups excluding tert-OH is 2. The fourth-order valence-corrected chi connectivity index (χ4v) is 4.62. The van der Waals surface area contributed by atoms with Crippen molar-refractivity contribution < 1.29 is 19.3 Å². The number of aliphatic hydroxyl groups is 2. The Bertz CT molecular complexity index is 1360. The van der Waals surface area contributed by atoms with Crippen LogP contribution in [0.1, 0.15) is 32.6 Å². The molecule has 1 aliphatic heterocycles. The van der Waals surface area contributed by atoms with Gasteiger partial charge in [-0.2, -0.15) is 5.10 Å². The standard InChI is InChI=1S/C27H31FN6O3/c1-4-33(5-2)14-17-6-8-18(9-7-17)22-21-25(31-20-12-10-19(28)11-13-20)29-15-30-26(21)34(32-22)27-24(36)23(35)16(3)37-27/h6-13,15-16,23-24,27,35-36H,4-5,14H2,1-3H3,(H,29,30,31)/t16-,23-,24-,27-/m1/s1. The third-order valence-corrected chi connectivity index (χ3v) is 6.84.